The van der Waals surface area contributed by atoms with Gasteiger partial charge in [0.25, 0.3) is 11.5 Å². The predicted molar refractivity (Wildman–Crippen MR) is 124 cm³/mol. The molecule has 2 aliphatic heterocycles. The highest BCUT2D eigenvalue weighted by atomic mass is 35.5. The summed E-state index contributed by atoms with van der Waals surface area (Å²) < 4.78 is 15.1. The van der Waals surface area contributed by atoms with Gasteiger partial charge in [-0.05, 0) is 72.5 Å². The van der Waals surface area contributed by atoms with Gasteiger partial charge in [0, 0.05) is 47.4 Å². The summed E-state index contributed by atoms with van der Waals surface area (Å²) in [5.74, 6) is -0.1000. The quantitative estimate of drug-likeness (QED) is 0.561. The fraction of sp³-hybridized carbons (Fsp3) is 0.231. The van der Waals surface area contributed by atoms with Crippen molar-refractivity contribution in [2.75, 3.05) is 13.1 Å². The average molecular weight is 449 g/mol. The molecule has 3 heterocycles. The van der Waals surface area contributed by atoms with Crippen LogP contribution in [-0.2, 0) is 6.54 Å². The smallest absolute Gasteiger partial charge is 0.258 e. The van der Waals surface area contributed by atoms with E-state index in [9.17, 15) is 14.0 Å². The number of amides is 1. The zero-order chi connectivity index (χ0) is 22.2. The maximum atomic E-state index is 13.2. The van der Waals surface area contributed by atoms with E-state index < -0.39 is 0 Å². The van der Waals surface area contributed by atoms with E-state index in [0.29, 0.717) is 35.8 Å². The molecule has 2 aliphatic rings. The van der Waals surface area contributed by atoms with Crippen molar-refractivity contribution in [3.8, 4) is 0 Å². The molecule has 0 N–H and O–H groups in total. The maximum Gasteiger partial charge on any atom is 0.258 e. The molecule has 0 spiro atoms. The molecule has 1 aromatic heterocycles. The monoisotopic (exact) mass is 448 g/mol. The second-order valence-corrected chi connectivity index (χ2v) is 8.97. The van der Waals surface area contributed by atoms with Crippen LogP contribution in [0.15, 0.2) is 65.5 Å². The molecule has 0 unspecified atom stereocenters. The molecule has 2 atom stereocenters. The van der Waals surface area contributed by atoms with Crippen molar-refractivity contribution < 1.29 is 9.18 Å². The highest BCUT2D eigenvalue weighted by Gasteiger charge is 2.36. The third kappa shape index (κ3) is 4.00. The SMILES string of the molecule is O=C(c1ccc(F)cc1)N1C[C@H]2C[C@H](C1)c1ccc(C=Cc3ccc(Cl)cc3)c(=O)n1C2. The van der Waals surface area contributed by atoms with Crippen LogP contribution in [0.4, 0.5) is 4.39 Å². The minimum atomic E-state index is -0.355. The molecule has 5 rings (SSSR count). The lowest BCUT2D eigenvalue weighted by molar-refractivity contribution is 0.0594. The van der Waals surface area contributed by atoms with Crippen LogP contribution in [0.2, 0.25) is 5.02 Å². The minimum Gasteiger partial charge on any atom is -0.338 e. The Morgan fingerprint density at radius 2 is 1.69 bits per heavy atom. The van der Waals surface area contributed by atoms with Gasteiger partial charge in [-0.15, -0.1) is 0 Å². The number of likely N-dealkylation sites (tertiary alicyclic amines) is 1. The van der Waals surface area contributed by atoms with E-state index in [0.717, 1.165) is 17.7 Å². The van der Waals surface area contributed by atoms with Gasteiger partial charge in [-0.2, -0.15) is 0 Å². The summed E-state index contributed by atoms with van der Waals surface area (Å²) in [5, 5.41) is 0.675. The largest absolute Gasteiger partial charge is 0.338 e. The lowest BCUT2D eigenvalue weighted by atomic mass is 9.82. The predicted octanol–water partition coefficient (Wildman–Crippen LogP) is 5.07. The van der Waals surface area contributed by atoms with Gasteiger partial charge in [0.1, 0.15) is 5.82 Å². The highest BCUT2D eigenvalue weighted by molar-refractivity contribution is 6.30. The number of piperidine rings is 1. The molecule has 0 radical (unpaired) electrons. The van der Waals surface area contributed by atoms with Crippen molar-refractivity contribution in [3.05, 3.63) is 104 Å². The number of rotatable bonds is 3. The highest BCUT2D eigenvalue weighted by Crippen LogP contribution is 2.35. The molecule has 6 heteroatoms. The Kier molecular flexibility index (Phi) is 5.43. The number of carbonyl (C=O) groups excluding carboxylic acids is 1. The van der Waals surface area contributed by atoms with Gasteiger partial charge in [-0.1, -0.05) is 29.8 Å². The van der Waals surface area contributed by atoms with Crippen LogP contribution in [0.5, 0.6) is 0 Å². The second-order valence-electron chi connectivity index (χ2n) is 8.53. The first kappa shape index (κ1) is 20.7. The van der Waals surface area contributed by atoms with Gasteiger partial charge >= 0.3 is 0 Å². The van der Waals surface area contributed by atoms with Crippen LogP contribution in [0.3, 0.4) is 0 Å². The molecule has 0 saturated carbocycles. The van der Waals surface area contributed by atoms with E-state index in [-0.39, 0.29) is 29.1 Å². The first-order valence-corrected chi connectivity index (χ1v) is 11.1. The second kappa shape index (κ2) is 8.40. The van der Waals surface area contributed by atoms with E-state index in [4.69, 9.17) is 11.6 Å². The van der Waals surface area contributed by atoms with Crippen LogP contribution in [-0.4, -0.2) is 28.5 Å². The van der Waals surface area contributed by atoms with Crippen molar-refractivity contribution in [2.24, 2.45) is 5.92 Å². The number of aromatic nitrogens is 1. The van der Waals surface area contributed by atoms with Crippen LogP contribution >= 0.6 is 11.6 Å². The molecule has 2 bridgehead atoms. The van der Waals surface area contributed by atoms with E-state index in [1.54, 1.807) is 0 Å². The molecular formula is C26H22ClFN2O2. The molecule has 162 valence electrons. The number of nitrogens with zero attached hydrogens (tertiary/aromatic N) is 2. The molecule has 2 aromatic carbocycles. The Labute approximate surface area is 190 Å². The van der Waals surface area contributed by atoms with Crippen LogP contribution in [0.1, 0.15) is 39.5 Å². The summed E-state index contributed by atoms with van der Waals surface area (Å²) in [5.41, 5.74) is 3.09. The normalized spacial score (nSPS) is 19.8. The lowest BCUT2D eigenvalue weighted by Gasteiger charge is -2.43. The standard InChI is InChI=1S/C26H22ClFN2O2/c27-22-8-2-17(3-9-22)1-4-20-7-12-24-21-13-18(15-30(24)26(20)32)14-29(16-21)25(31)19-5-10-23(28)11-6-19/h1-12,18,21H,13-16H2/t18-,21-/m1/s1. The van der Waals surface area contributed by atoms with Gasteiger partial charge in [0.2, 0.25) is 0 Å². The molecule has 1 amide bonds. The van der Waals surface area contributed by atoms with E-state index in [1.165, 1.54) is 24.3 Å². The van der Waals surface area contributed by atoms with Crippen molar-refractivity contribution in [1.82, 2.24) is 9.47 Å². The van der Waals surface area contributed by atoms with Gasteiger partial charge in [0.15, 0.2) is 0 Å². The number of hydrogen-bond donors (Lipinski definition) is 0. The molecule has 0 aliphatic carbocycles. The van der Waals surface area contributed by atoms with E-state index in [1.807, 2.05) is 58.0 Å². The average Bonchev–Trinajstić information content (AvgIpc) is 2.80. The third-order valence-corrected chi connectivity index (χ3v) is 6.59. The molecular weight excluding hydrogens is 427 g/mol. The molecule has 3 aromatic rings. The third-order valence-electron chi connectivity index (χ3n) is 6.34. The van der Waals surface area contributed by atoms with Crippen LogP contribution in [0.25, 0.3) is 12.2 Å². The first-order chi connectivity index (χ1) is 15.5. The van der Waals surface area contributed by atoms with E-state index in [2.05, 4.69) is 0 Å². The Balaban J connectivity index is 1.38. The van der Waals surface area contributed by atoms with Gasteiger partial charge < -0.3 is 9.47 Å². The van der Waals surface area contributed by atoms with Crippen LogP contribution in [0, 0.1) is 11.7 Å². The summed E-state index contributed by atoms with van der Waals surface area (Å²) in [4.78, 5) is 27.9. The Bertz CT molecular complexity index is 1250. The van der Waals surface area contributed by atoms with E-state index >= 15 is 0 Å². The Hall–Kier alpha value is -3.18. The van der Waals surface area contributed by atoms with Crippen molar-refractivity contribution in [2.45, 2.75) is 18.9 Å². The van der Waals surface area contributed by atoms with Crippen molar-refractivity contribution in [1.29, 1.82) is 0 Å². The summed E-state index contributed by atoms with van der Waals surface area (Å²) in [6.07, 6.45) is 4.72. The summed E-state index contributed by atoms with van der Waals surface area (Å²) in [7, 11) is 0. The Morgan fingerprint density at radius 1 is 0.938 bits per heavy atom. The number of fused-ring (bicyclic) bond motifs is 4. The maximum absolute atomic E-state index is 13.2. The molecule has 32 heavy (non-hydrogen) atoms. The van der Waals surface area contributed by atoms with Gasteiger partial charge in [-0.3, -0.25) is 9.59 Å². The van der Waals surface area contributed by atoms with Crippen molar-refractivity contribution in [3.63, 3.8) is 0 Å². The number of pyridine rings is 1. The molecule has 4 nitrogen and oxygen atoms in total. The zero-order valence-electron chi connectivity index (χ0n) is 17.4. The fourth-order valence-corrected chi connectivity index (χ4v) is 4.92. The lowest BCUT2D eigenvalue weighted by Crippen LogP contribution is -2.49. The number of halogens is 2. The Morgan fingerprint density at radius 3 is 2.44 bits per heavy atom. The van der Waals surface area contributed by atoms with Gasteiger partial charge in [-0.25, -0.2) is 4.39 Å². The van der Waals surface area contributed by atoms with Crippen molar-refractivity contribution >= 4 is 29.7 Å². The summed E-state index contributed by atoms with van der Waals surface area (Å²) in [6, 6.07) is 17.0. The topological polar surface area (TPSA) is 42.3 Å². The zero-order valence-corrected chi connectivity index (χ0v) is 18.1. The molecule has 1 fully saturated rings. The fourth-order valence-electron chi connectivity index (χ4n) is 4.79. The number of carbonyl (C=O) groups is 1. The number of benzene rings is 2. The minimum absolute atomic E-state index is 0.000671. The first-order valence-electron chi connectivity index (χ1n) is 10.7. The summed E-state index contributed by atoms with van der Waals surface area (Å²) in [6.45, 7) is 1.76. The number of hydrogen-bond acceptors (Lipinski definition) is 2. The van der Waals surface area contributed by atoms with Gasteiger partial charge in [0.05, 0.1) is 0 Å². The summed E-state index contributed by atoms with van der Waals surface area (Å²) >= 11 is 5.93. The molecule has 1 saturated heterocycles. The van der Waals surface area contributed by atoms with Crippen LogP contribution < -0.4 is 5.56 Å².